The fourth-order valence-corrected chi connectivity index (χ4v) is 3.69. The molecule has 1 N–H and O–H groups in total. The van der Waals surface area contributed by atoms with Crippen molar-refractivity contribution in [3.63, 3.8) is 0 Å². The van der Waals surface area contributed by atoms with Gasteiger partial charge in [-0.3, -0.25) is 4.79 Å². The van der Waals surface area contributed by atoms with Crippen molar-refractivity contribution < 1.29 is 9.32 Å². The molecule has 0 fully saturated rings. The van der Waals surface area contributed by atoms with Crippen molar-refractivity contribution in [1.29, 1.82) is 0 Å². The zero-order valence-electron chi connectivity index (χ0n) is 14.7. The summed E-state index contributed by atoms with van der Waals surface area (Å²) in [7, 11) is 0. The summed E-state index contributed by atoms with van der Waals surface area (Å²) in [6, 6.07) is 7.72. The summed E-state index contributed by atoms with van der Waals surface area (Å²) in [5, 5.41) is 9.61. The molecule has 0 atom stereocenters. The highest BCUT2D eigenvalue weighted by Gasteiger charge is 2.15. The molecule has 2 aromatic heterocycles. The molecule has 0 saturated heterocycles. The van der Waals surface area contributed by atoms with Crippen molar-refractivity contribution in [3.05, 3.63) is 51.7 Å². The van der Waals surface area contributed by atoms with Gasteiger partial charge in [0, 0.05) is 23.6 Å². The number of aryl methyl sites for hydroxylation is 2. The van der Waals surface area contributed by atoms with Gasteiger partial charge in [-0.1, -0.05) is 42.7 Å². The zero-order chi connectivity index (χ0) is 18.5. The molecule has 136 valence electrons. The summed E-state index contributed by atoms with van der Waals surface area (Å²) >= 11 is 7.83. The van der Waals surface area contributed by atoms with Crippen LogP contribution in [0.1, 0.15) is 37.3 Å². The van der Waals surface area contributed by atoms with Crippen LogP contribution in [0.3, 0.4) is 0 Å². The Hall–Kier alpha value is -2.18. The van der Waals surface area contributed by atoms with Crippen molar-refractivity contribution >= 4 is 34.5 Å². The molecule has 0 aliphatic rings. The Kier molecular flexibility index (Phi) is 6.06. The average molecular weight is 390 g/mol. The largest absolute Gasteiger partial charge is 0.339 e. The van der Waals surface area contributed by atoms with E-state index in [1.165, 1.54) is 0 Å². The Labute approximate surface area is 161 Å². The number of hydrogen-bond donors (Lipinski definition) is 1. The number of benzene rings is 1. The van der Waals surface area contributed by atoms with Crippen LogP contribution in [0.5, 0.6) is 0 Å². The van der Waals surface area contributed by atoms with Gasteiger partial charge in [0.1, 0.15) is 0 Å². The number of hydrogen-bond acceptors (Lipinski definition) is 5. The fourth-order valence-electron chi connectivity index (χ4n) is 2.75. The molecule has 5 nitrogen and oxygen atoms in total. The normalized spacial score (nSPS) is 10.9. The summed E-state index contributed by atoms with van der Waals surface area (Å²) in [6.07, 6.45) is 2.25. The van der Waals surface area contributed by atoms with Crippen LogP contribution in [0, 0.1) is 0 Å². The molecule has 0 saturated carbocycles. The summed E-state index contributed by atoms with van der Waals surface area (Å²) in [5.41, 5.74) is 2.88. The number of halogens is 1. The Balaban J connectivity index is 1.66. The third kappa shape index (κ3) is 4.14. The van der Waals surface area contributed by atoms with Crippen molar-refractivity contribution in [2.24, 2.45) is 0 Å². The molecule has 0 aliphatic heterocycles. The first-order chi connectivity index (χ1) is 12.6. The van der Waals surface area contributed by atoms with E-state index in [0.29, 0.717) is 23.2 Å². The fraction of sp³-hybridized carbons (Fsp3) is 0.316. The number of rotatable bonds is 7. The third-order valence-electron chi connectivity index (χ3n) is 4.12. The lowest BCUT2D eigenvalue weighted by Gasteiger charge is -2.15. The SMILES string of the molecule is CCc1ccc(Cl)c(CC)c1NC(=O)CCc1nc(-c2cccs2)no1. The summed E-state index contributed by atoms with van der Waals surface area (Å²) in [6.45, 7) is 4.09. The predicted molar refractivity (Wildman–Crippen MR) is 105 cm³/mol. The molecular weight excluding hydrogens is 370 g/mol. The molecule has 0 bridgehead atoms. The van der Waals surface area contributed by atoms with Crippen LogP contribution in [0.4, 0.5) is 5.69 Å². The van der Waals surface area contributed by atoms with Gasteiger partial charge in [0.05, 0.1) is 4.88 Å². The highest BCUT2D eigenvalue weighted by molar-refractivity contribution is 7.13. The second-order valence-electron chi connectivity index (χ2n) is 5.80. The molecule has 26 heavy (non-hydrogen) atoms. The maximum absolute atomic E-state index is 12.4. The summed E-state index contributed by atoms with van der Waals surface area (Å²) in [4.78, 5) is 17.7. The zero-order valence-corrected chi connectivity index (χ0v) is 16.3. The topological polar surface area (TPSA) is 68.0 Å². The first-order valence-electron chi connectivity index (χ1n) is 8.58. The lowest BCUT2D eigenvalue weighted by Crippen LogP contribution is -2.15. The Morgan fingerprint density at radius 2 is 2.12 bits per heavy atom. The first kappa shape index (κ1) is 18.6. The lowest BCUT2D eigenvalue weighted by molar-refractivity contribution is -0.116. The van der Waals surface area contributed by atoms with E-state index in [4.69, 9.17) is 16.1 Å². The van der Waals surface area contributed by atoms with Gasteiger partial charge in [-0.15, -0.1) is 11.3 Å². The molecule has 3 aromatic rings. The molecule has 3 rings (SSSR count). The van der Waals surface area contributed by atoms with E-state index in [-0.39, 0.29) is 12.3 Å². The van der Waals surface area contributed by atoms with Crippen LogP contribution in [0.25, 0.3) is 10.7 Å². The van der Waals surface area contributed by atoms with Crippen molar-refractivity contribution in [2.45, 2.75) is 39.5 Å². The van der Waals surface area contributed by atoms with Crippen LogP contribution in [-0.4, -0.2) is 16.0 Å². The highest BCUT2D eigenvalue weighted by atomic mass is 35.5. The number of carbonyl (C=O) groups excluding carboxylic acids is 1. The van der Waals surface area contributed by atoms with Gasteiger partial charge in [-0.25, -0.2) is 0 Å². The number of carbonyl (C=O) groups is 1. The van der Waals surface area contributed by atoms with Gasteiger partial charge >= 0.3 is 0 Å². The van der Waals surface area contributed by atoms with Gasteiger partial charge in [-0.05, 0) is 41.5 Å². The van der Waals surface area contributed by atoms with Crippen molar-refractivity contribution in [2.75, 3.05) is 5.32 Å². The van der Waals surface area contributed by atoms with E-state index < -0.39 is 0 Å². The molecular formula is C19H20ClN3O2S. The maximum Gasteiger partial charge on any atom is 0.227 e. The highest BCUT2D eigenvalue weighted by Crippen LogP contribution is 2.29. The second-order valence-corrected chi connectivity index (χ2v) is 7.16. The van der Waals surface area contributed by atoms with E-state index in [2.05, 4.69) is 22.4 Å². The molecule has 7 heteroatoms. The van der Waals surface area contributed by atoms with Gasteiger partial charge in [0.15, 0.2) is 0 Å². The second kappa shape index (κ2) is 8.47. The van der Waals surface area contributed by atoms with Crippen LogP contribution in [0.2, 0.25) is 5.02 Å². The van der Waals surface area contributed by atoms with Crippen LogP contribution < -0.4 is 5.32 Å². The number of amides is 1. The van der Waals surface area contributed by atoms with Gasteiger partial charge in [0.2, 0.25) is 17.6 Å². The Bertz CT molecular complexity index is 890. The molecule has 1 aromatic carbocycles. The monoisotopic (exact) mass is 389 g/mol. The molecule has 2 heterocycles. The van der Waals surface area contributed by atoms with Crippen LogP contribution in [-0.2, 0) is 24.1 Å². The Morgan fingerprint density at radius 3 is 2.81 bits per heavy atom. The van der Waals surface area contributed by atoms with E-state index in [1.54, 1.807) is 11.3 Å². The molecule has 0 aliphatic carbocycles. The van der Waals surface area contributed by atoms with Crippen LogP contribution in [0.15, 0.2) is 34.2 Å². The van der Waals surface area contributed by atoms with E-state index in [9.17, 15) is 4.79 Å². The van der Waals surface area contributed by atoms with Crippen molar-refractivity contribution in [3.8, 4) is 10.7 Å². The lowest BCUT2D eigenvalue weighted by atomic mass is 10.0. The summed E-state index contributed by atoms with van der Waals surface area (Å²) < 4.78 is 5.24. The van der Waals surface area contributed by atoms with E-state index in [0.717, 1.165) is 34.5 Å². The van der Waals surface area contributed by atoms with E-state index in [1.807, 2.05) is 36.6 Å². The number of anilines is 1. The summed E-state index contributed by atoms with van der Waals surface area (Å²) in [5.74, 6) is 0.931. The molecule has 0 radical (unpaired) electrons. The minimum Gasteiger partial charge on any atom is -0.339 e. The molecule has 0 unspecified atom stereocenters. The quantitative estimate of drug-likeness (QED) is 0.606. The first-order valence-corrected chi connectivity index (χ1v) is 9.84. The maximum atomic E-state index is 12.4. The minimum absolute atomic E-state index is 0.0902. The number of nitrogens with one attached hydrogen (secondary N) is 1. The molecule has 1 amide bonds. The van der Waals surface area contributed by atoms with Gasteiger partial charge in [-0.2, -0.15) is 4.98 Å². The van der Waals surface area contributed by atoms with Crippen molar-refractivity contribution in [1.82, 2.24) is 10.1 Å². The predicted octanol–water partition coefficient (Wildman–Crippen LogP) is 5.15. The minimum atomic E-state index is -0.0902. The average Bonchev–Trinajstić information content (AvgIpc) is 3.32. The number of nitrogens with zero attached hydrogens (tertiary/aromatic N) is 2. The standard InChI is InChI=1S/C19H20ClN3O2S/c1-3-12-7-8-14(20)13(4-2)18(12)21-16(24)9-10-17-22-19(23-25-17)15-6-5-11-26-15/h5-8,11H,3-4,9-10H2,1-2H3,(H,21,24). The number of thiophene rings is 1. The number of aromatic nitrogens is 2. The Morgan fingerprint density at radius 1 is 1.27 bits per heavy atom. The van der Waals surface area contributed by atoms with Gasteiger partial charge < -0.3 is 9.84 Å². The smallest absolute Gasteiger partial charge is 0.227 e. The van der Waals surface area contributed by atoms with Gasteiger partial charge in [0.25, 0.3) is 0 Å². The third-order valence-corrected chi connectivity index (χ3v) is 5.34. The van der Waals surface area contributed by atoms with Crippen LogP contribution >= 0.6 is 22.9 Å². The van der Waals surface area contributed by atoms with E-state index >= 15 is 0 Å². The molecule has 0 spiro atoms.